The molecule has 0 fully saturated rings. The summed E-state index contributed by atoms with van der Waals surface area (Å²) in [6.45, 7) is 0.592. The third kappa shape index (κ3) is 3.17. The van der Waals surface area contributed by atoms with Gasteiger partial charge in [-0.25, -0.2) is 0 Å². The number of aliphatic imine (C=N–C) groups is 1. The highest BCUT2D eigenvalue weighted by molar-refractivity contribution is 6.00. The lowest BCUT2D eigenvalue weighted by Crippen LogP contribution is -2.29. The Kier molecular flexibility index (Phi) is 4.27. The predicted molar refractivity (Wildman–Crippen MR) is 79.0 cm³/mol. The lowest BCUT2D eigenvalue weighted by atomic mass is 9.90. The number of allylic oxidation sites excluding steroid dienone is 2. The van der Waals surface area contributed by atoms with Crippen LogP contribution in [0.3, 0.4) is 0 Å². The minimum Gasteiger partial charge on any atom is -0.402 e. The zero-order chi connectivity index (χ0) is 13.8. The van der Waals surface area contributed by atoms with Crippen LogP contribution in [0.25, 0.3) is 0 Å². The van der Waals surface area contributed by atoms with Gasteiger partial charge >= 0.3 is 0 Å². The van der Waals surface area contributed by atoms with Gasteiger partial charge in [0, 0.05) is 29.4 Å². The second-order valence-electron chi connectivity index (χ2n) is 5.14. The van der Waals surface area contributed by atoms with Crippen molar-refractivity contribution in [3.63, 3.8) is 0 Å². The van der Waals surface area contributed by atoms with E-state index in [1.165, 1.54) is 0 Å². The quantitative estimate of drug-likeness (QED) is 0.437. The van der Waals surface area contributed by atoms with Crippen LogP contribution in [-0.4, -0.2) is 18.4 Å². The molecule has 2 rings (SSSR count). The van der Waals surface area contributed by atoms with Crippen molar-refractivity contribution in [3.05, 3.63) is 35.2 Å². The maximum Gasteiger partial charge on any atom is 0.127 e. The van der Waals surface area contributed by atoms with Gasteiger partial charge in [-0.05, 0) is 31.8 Å². The Morgan fingerprint density at radius 2 is 2.11 bits per heavy atom. The normalized spacial score (nSPS) is 28.5. The number of nitrogens with two attached hydrogens (primary N) is 4. The average Bonchev–Trinajstić information content (AvgIpc) is 2.39. The Morgan fingerprint density at radius 3 is 2.74 bits per heavy atom. The molecule has 0 saturated heterocycles. The third-order valence-corrected chi connectivity index (χ3v) is 3.74. The molecular formula is C14H23N5. The maximum absolute atomic E-state index is 6.05. The van der Waals surface area contributed by atoms with Gasteiger partial charge in [0.2, 0.25) is 0 Å². The first-order chi connectivity index (χ1) is 9.11. The third-order valence-electron chi connectivity index (χ3n) is 3.74. The molecule has 5 heteroatoms. The SMILES string of the molecule is NCC1CCC(N=C(N)C2=C(N)CCC=C2)C=C1N. The van der Waals surface area contributed by atoms with Crippen LogP contribution in [-0.2, 0) is 0 Å². The highest BCUT2D eigenvalue weighted by atomic mass is 14.9. The Bertz CT molecular complexity index is 458. The van der Waals surface area contributed by atoms with E-state index in [2.05, 4.69) is 11.1 Å². The van der Waals surface area contributed by atoms with Gasteiger partial charge < -0.3 is 22.9 Å². The smallest absolute Gasteiger partial charge is 0.127 e. The van der Waals surface area contributed by atoms with E-state index in [-0.39, 0.29) is 12.0 Å². The summed E-state index contributed by atoms with van der Waals surface area (Å²) in [4.78, 5) is 4.54. The van der Waals surface area contributed by atoms with Crippen molar-refractivity contribution in [1.82, 2.24) is 0 Å². The molecule has 2 aliphatic carbocycles. The maximum atomic E-state index is 6.05. The first-order valence-electron chi connectivity index (χ1n) is 6.78. The molecule has 0 spiro atoms. The minimum atomic E-state index is 0.0402. The molecule has 0 aromatic heterocycles. The summed E-state index contributed by atoms with van der Waals surface area (Å²) in [5.41, 5.74) is 26.2. The van der Waals surface area contributed by atoms with Crippen molar-refractivity contribution < 1.29 is 0 Å². The van der Waals surface area contributed by atoms with Crippen molar-refractivity contribution in [1.29, 1.82) is 0 Å². The summed E-state index contributed by atoms with van der Waals surface area (Å²) in [6.07, 6.45) is 9.71. The molecule has 0 bridgehead atoms. The topological polar surface area (TPSA) is 116 Å². The Hall–Kier alpha value is -1.75. The van der Waals surface area contributed by atoms with Crippen LogP contribution in [0.4, 0.5) is 0 Å². The zero-order valence-corrected chi connectivity index (χ0v) is 11.2. The predicted octanol–water partition coefficient (Wildman–Crippen LogP) is 0.486. The Balaban J connectivity index is 2.14. The number of amidine groups is 1. The van der Waals surface area contributed by atoms with Gasteiger partial charge in [-0.15, -0.1) is 0 Å². The van der Waals surface area contributed by atoms with E-state index in [1.807, 2.05) is 12.2 Å². The van der Waals surface area contributed by atoms with Gasteiger partial charge in [0.15, 0.2) is 0 Å². The van der Waals surface area contributed by atoms with Gasteiger partial charge in [0.25, 0.3) is 0 Å². The van der Waals surface area contributed by atoms with Crippen molar-refractivity contribution in [3.8, 4) is 0 Å². The molecule has 2 atom stereocenters. The second kappa shape index (κ2) is 5.93. The van der Waals surface area contributed by atoms with Crippen molar-refractivity contribution in [2.75, 3.05) is 6.54 Å². The van der Waals surface area contributed by atoms with Gasteiger partial charge in [0.1, 0.15) is 5.84 Å². The van der Waals surface area contributed by atoms with Gasteiger partial charge in [-0.1, -0.05) is 12.2 Å². The van der Waals surface area contributed by atoms with E-state index >= 15 is 0 Å². The average molecular weight is 261 g/mol. The monoisotopic (exact) mass is 261 g/mol. The molecule has 0 saturated carbocycles. The van der Waals surface area contributed by atoms with Crippen molar-refractivity contribution >= 4 is 5.84 Å². The molecule has 0 aromatic rings. The molecule has 0 aromatic carbocycles. The molecule has 2 unspecified atom stereocenters. The fourth-order valence-corrected chi connectivity index (χ4v) is 2.52. The van der Waals surface area contributed by atoms with E-state index < -0.39 is 0 Å². The number of nitrogens with zero attached hydrogens (tertiary/aromatic N) is 1. The molecule has 0 radical (unpaired) electrons. The Labute approximate surface area is 114 Å². The number of rotatable bonds is 3. The molecule has 5 nitrogen and oxygen atoms in total. The molecule has 104 valence electrons. The molecule has 2 aliphatic rings. The van der Waals surface area contributed by atoms with E-state index in [1.54, 1.807) is 0 Å². The molecule has 19 heavy (non-hydrogen) atoms. The van der Waals surface area contributed by atoms with E-state index in [4.69, 9.17) is 22.9 Å². The van der Waals surface area contributed by atoms with Crippen molar-refractivity contribution in [2.45, 2.75) is 31.7 Å². The fraction of sp³-hybridized carbons (Fsp3) is 0.500. The molecule has 0 amide bonds. The summed E-state index contributed by atoms with van der Waals surface area (Å²) < 4.78 is 0. The standard InChI is InChI=1S/C14H23N5/c15-8-9-5-6-10(7-13(9)17)19-14(18)11-3-1-2-4-12(11)16/h1,3,7,9-10H,2,4-6,8,15-17H2,(H2,18,19). The summed E-state index contributed by atoms with van der Waals surface area (Å²) in [5, 5.41) is 0. The van der Waals surface area contributed by atoms with Crippen LogP contribution in [0.1, 0.15) is 25.7 Å². The van der Waals surface area contributed by atoms with Gasteiger partial charge in [0.05, 0.1) is 6.04 Å². The number of hydrogen-bond donors (Lipinski definition) is 4. The summed E-state index contributed by atoms with van der Waals surface area (Å²) >= 11 is 0. The number of hydrogen-bond acceptors (Lipinski definition) is 4. The summed E-state index contributed by atoms with van der Waals surface area (Å²) in [6, 6.07) is 0.0402. The molecular weight excluding hydrogens is 238 g/mol. The van der Waals surface area contributed by atoms with Crippen LogP contribution in [0.5, 0.6) is 0 Å². The van der Waals surface area contributed by atoms with Crippen LogP contribution >= 0.6 is 0 Å². The molecule has 0 heterocycles. The lowest BCUT2D eigenvalue weighted by Gasteiger charge is -2.24. The highest BCUT2D eigenvalue weighted by Gasteiger charge is 2.20. The largest absolute Gasteiger partial charge is 0.402 e. The first kappa shape index (κ1) is 13.7. The van der Waals surface area contributed by atoms with Crippen LogP contribution in [0.15, 0.2) is 40.2 Å². The second-order valence-corrected chi connectivity index (χ2v) is 5.14. The van der Waals surface area contributed by atoms with Crippen LogP contribution < -0.4 is 22.9 Å². The van der Waals surface area contributed by atoms with E-state index in [9.17, 15) is 0 Å². The zero-order valence-electron chi connectivity index (χ0n) is 11.2. The van der Waals surface area contributed by atoms with Gasteiger partial charge in [-0.3, -0.25) is 4.99 Å². The van der Waals surface area contributed by atoms with E-state index in [0.29, 0.717) is 12.4 Å². The lowest BCUT2D eigenvalue weighted by molar-refractivity contribution is 0.487. The van der Waals surface area contributed by atoms with Crippen LogP contribution in [0.2, 0.25) is 0 Å². The van der Waals surface area contributed by atoms with Crippen molar-refractivity contribution in [2.24, 2.45) is 33.8 Å². The fourth-order valence-electron chi connectivity index (χ4n) is 2.52. The van der Waals surface area contributed by atoms with Crippen LogP contribution in [0, 0.1) is 5.92 Å². The summed E-state index contributed by atoms with van der Waals surface area (Å²) in [7, 11) is 0. The Morgan fingerprint density at radius 1 is 1.32 bits per heavy atom. The molecule has 8 N–H and O–H groups in total. The van der Waals surface area contributed by atoms with E-state index in [0.717, 1.165) is 42.7 Å². The highest BCUT2D eigenvalue weighted by Crippen LogP contribution is 2.23. The molecule has 0 aliphatic heterocycles. The minimum absolute atomic E-state index is 0.0402. The summed E-state index contributed by atoms with van der Waals surface area (Å²) in [5.74, 6) is 0.792. The van der Waals surface area contributed by atoms with Gasteiger partial charge in [-0.2, -0.15) is 0 Å². The first-order valence-corrected chi connectivity index (χ1v) is 6.78.